The molecule has 0 unspecified atom stereocenters. The van der Waals surface area contributed by atoms with Crippen molar-refractivity contribution in [3.8, 4) is 122 Å². The molecule has 2 nitrogen and oxygen atoms in total. The molecule has 0 atom stereocenters. The van der Waals surface area contributed by atoms with E-state index in [0.29, 0.717) is 0 Å². The molecule has 0 bridgehead atoms. The van der Waals surface area contributed by atoms with Gasteiger partial charge in [0, 0.05) is 33.3 Å². The summed E-state index contributed by atoms with van der Waals surface area (Å²) in [5.41, 5.74) is 37.2. The van der Waals surface area contributed by atoms with Crippen molar-refractivity contribution in [1.29, 1.82) is 0 Å². The van der Waals surface area contributed by atoms with Gasteiger partial charge in [0.05, 0.1) is 22.7 Å². The number of fused-ring (bicyclic) bond motifs is 7. The molecule has 2 heteroatoms. The van der Waals surface area contributed by atoms with Gasteiger partial charge in [-0.25, -0.2) is 0 Å². The normalized spacial score (nSPS) is 12.8. The first-order valence-corrected chi connectivity index (χ1v) is 37.7. The van der Waals surface area contributed by atoms with Crippen LogP contribution in [-0.2, 0) is 10.8 Å². The van der Waals surface area contributed by atoms with E-state index in [1.165, 1.54) is 133 Å². The Hall–Kier alpha value is -13.4. The minimum absolute atomic E-state index is 0.313. The van der Waals surface area contributed by atoms with Gasteiger partial charge in [0.2, 0.25) is 0 Å². The molecular formula is C106H78N2. The second-order valence-electron chi connectivity index (χ2n) is 29.8. The van der Waals surface area contributed by atoms with Crippen LogP contribution in [0.25, 0.3) is 133 Å². The highest BCUT2D eigenvalue weighted by atomic mass is 15.2. The Bertz CT molecular complexity index is 6290. The third kappa shape index (κ3) is 11.1. The summed E-state index contributed by atoms with van der Waals surface area (Å²) < 4.78 is 0. The molecule has 19 rings (SSSR count). The van der Waals surface area contributed by atoms with E-state index in [1.54, 1.807) is 0 Å². The predicted octanol–water partition coefficient (Wildman–Crippen LogP) is 29.4. The van der Waals surface area contributed by atoms with Crippen LogP contribution in [0.1, 0.15) is 49.9 Å². The third-order valence-electron chi connectivity index (χ3n) is 22.8. The monoisotopic (exact) mass is 1380 g/mol. The first kappa shape index (κ1) is 65.4. The van der Waals surface area contributed by atoms with Gasteiger partial charge in [-0.3, -0.25) is 0 Å². The van der Waals surface area contributed by atoms with Crippen molar-refractivity contribution in [1.82, 2.24) is 0 Å². The Morgan fingerprint density at radius 1 is 0.176 bits per heavy atom. The van der Waals surface area contributed by atoms with Crippen LogP contribution >= 0.6 is 0 Å². The maximum Gasteiger partial charge on any atom is 0.0546 e. The number of benzene rings is 17. The summed E-state index contributed by atoms with van der Waals surface area (Å²) in [5.74, 6) is 0. The molecule has 2 aliphatic rings. The standard InChI is InChI=1S/C106H78N2/c1-105(2)95-61-25-24-50-89(95)93-59-32-64-99(103(93)105)108(98-63-31-56-86(75-42-18-9-19-43-75)102(98)92-52-23-21-49-82(92)73-38-14-7-15-39-73)80-47-27-45-77(69-80)83-53-28-58-88-84(54-29-57-87(83)88)78-66-67-90-94-60-33-65-100(104(94)106(3,4)96(90)70-78)107(79-46-26-44-76(68-79)71-34-10-5-11-35-71)97-62-30-55-85(74-40-16-8-17-41-74)101(97)91-51-22-20-48-81(91)72-36-12-6-13-37-72/h5-70H,1-4H3. The van der Waals surface area contributed by atoms with Crippen LogP contribution in [0.3, 0.4) is 0 Å². The zero-order valence-corrected chi connectivity index (χ0v) is 61.0. The van der Waals surface area contributed by atoms with Gasteiger partial charge in [-0.05, 0) is 199 Å². The number of nitrogens with zero attached hydrogens (tertiary/aromatic N) is 2. The van der Waals surface area contributed by atoms with E-state index >= 15 is 0 Å². The van der Waals surface area contributed by atoms with Gasteiger partial charge in [0.15, 0.2) is 0 Å². The fourth-order valence-electron chi connectivity index (χ4n) is 18.0. The van der Waals surface area contributed by atoms with Crippen LogP contribution < -0.4 is 9.80 Å². The molecule has 0 saturated heterocycles. The summed E-state index contributed by atoms with van der Waals surface area (Å²) in [5, 5.41) is 2.40. The van der Waals surface area contributed by atoms with E-state index in [-0.39, 0.29) is 5.41 Å². The van der Waals surface area contributed by atoms with E-state index in [0.717, 1.165) is 56.4 Å². The topological polar surface area (TPSA) is 6.48 Å². The lowest BCUT2D eigenvalue weighted by molar-refractivity contribution is 0.660. The molecule has 0 saturated carbocycles. The lowest BCUT2D eigenvalue weighted by Crippen LogP contribution is -2.21. The smallest absolute Gasteiger partial charge is 0.0546 e. The molecule has 0 amide bonds. The highest BCUT2D eigenvalue weighted by molar-refractivity contribution is 6.08. The molecular weight excluding hydrogens is 1300 g/mol. The van der Waals surface area contributed by atoms with Gasteiger partial charge in [0.1, 0.15) is 0 Å². The zero-order chi connectivity index (χ0) is 72.5. The Labute approximate surface area is 634 Å². The largest absolute Gasteiger partial charge is 0.309 e. The van der Waals surface area contributed by atoms with E-state index < -0.39 is 5.41 Å². The van der Waals surface area contributed by atoms with Crippen LogP contribution in [0.5, 0.6) is 0 Å². The van der Waals surface area contributed by atoms with Crippen molar-refractivity contribution in [3.05, 3.63) is 423 Å². The maximum atomic E-state index is 2.58. The van der Waals surface area contributed by atoms with E-state index in [9.17, 15) is 0 Å². The summed E-state index contributed by atoms with van der Waals surface area (Å²) >= 11 is 0. The van der Waals surface area contributed by atoms with Crippen molar-refractivity contribution < 1.29 is 0 Å². The number of anilines is 6. The van der Waals surface area contributed by atoms with E-state index in [2.05, 4.69) is 438 Å². The Morgan fingerprint density at radius 3 is 0.954 bits per heavy atom. The van der Waals surface area contributed by atoms with Crippen LogP contribution in [0, 0.1) is 0 Å². The molecule has 0 radical (unpaired) electrons. The summed E-state index contributed by atoms with van der Waals surface area (Å²) in [6, 6.07) is 149. The van der Waals surface area contributed by atoms with Gasteiger partial charge in [0.25, 0.3) is 0 Å². The van der Waals surface area contributed by atoms with Crippen molar-refractivity contribution in [2.75, 3.05) is 9.80 Å². The Kier molecular flexibility index (Phi) is 16.3. The first-order valence-electron chi connectivity index (χ1n) is 37.7. The molecule has 0 aromatic heterocycles. The highest BCUT2D eigenvalue weighted by Crippen LogP contribution is 2.60. The second-order valence-corrected chi connectivity index (χ2v) is 29.8. The van der Waals surface area contributed by atoms with Crippen LogP contribution in [0.2, 0.25) is 0 Å². The molecule has 0 spiro atoms. The van der Waals surface area contributed by atoms with Crippen molar-refractivity contribution in [2.24, 2.45) is 0 Å². The summed E-state index contributed by atoms with van der Waals surface area (Å²) in [7, 11) is 0. The van der Waals surface area contributed by atoms with Gasteiger partial charge < -0.3 is 9.80 Å². The van der Waals surface area contributed by atoms with Crippen molar-refractivity contribution in [3.63, 3.8) is 0 Å². The van der Waals surface area contributed by atoms with Gasteiger partial charge in [-0.1, -0.05) is 373 Å². The molecule has 2 aliphatic carbocycles. The SMILES string of the molecule is CC1(C)c2ccccc2-c2cccc(N(c3cccc(-c4cccc5c(-c6ccc7c(c6)C(C)(C)c6c-7cccc6N(c6cccc(-c7ccccc7)c6)c6cccc(-c7ccccc7)c6-c6ccccc6-c6ccccc6)cccc45)c3)c3cccc(-c4ccccc4)c3-c3ccccc3-c3ccccc3)c21. The lowest BCUT2D eigenvalue weighted by atomic mass is 9.80. The molecule has 0 aliphatic heterocycles. The van der Waals surface area contributed by atoms with Gasteiger partial charge >= 0.3 is 0 Å². The molecule has 17 aromatic rings. The first-order chi connectivity index (χ1) is 53.2. The van der Waals surface area contributed by atoms with E-state index in [4.69, 9.17) is 0 Å². The quantitative estimate of drug-likeness (QED) is 0.101. The Balaban J connectivity index is 0.761. The van der Waals surface area contributed by atoms with Gasteiger partial charge in [-0.15, -0.1) is 0 Å². The highest BCUT2D eigenvalue weighted by Gasteiger charge is 2.42. The molecule has 108 heavy (non-hydrogen) atoms. The third-order valence-corrected chi connectivity index (χ3v) is 22.8. The lowest BCUT2D eigenvalue weighted by Gasteiger charge is -2.34. The molecule has 512 valence electrons. The number of hydrogen-bond acceptors (Lipinski definition) is 2. The fraction of sp³-hybridized carbons (Fsp3) is 0.0566. The number of hydrogen-bond donors (Lipinski definition) is 0. The number of rotatable bonds is 15. The van der Waals surface area contributed by atoms with Crippen LogP contribution in [0.4, 0.5) is 34.1 Å². The van der Waals surface area contributed by atoms with E-state index in [1.807, 2.05) is 0 Å². The summed E-state index contributed by atoms with van der Waals surface area (Å²) in [6.45, 7) is 9.70. The van der Waals surface area contributed by atoms with Crippen LogP contribution in [0.15, 0.2) is 400 Å². The average molecular weight is 1380 g/mol. The minimum atomic E-state index is -0.450. The molecule has 17 aromatic carbocycles. The average Bonchev–Trinajstić information content (AvgIpc) is 1.46. The maximum absolute atomic E-state index is 2.58. The zero-order valence-electron chi connectivity index (χ0n) is 61.0. The summed E-state index contributed by atoms with van der Waals surface area (Å²) in [6.07, 6.45) is 0. The van der Waals surface area contributed by atoms with Gasteiger partial charge in [-0.2, -0.15) is 0 Å². The summed E-state index contributed by atoms with van der Waals surface area (Å²) in [4.78, 5) is 5.15. The molecule has 0 N–H and O–H groups in total. The molecule has 0 heterocycles. The Morgan fingerprint density at radius 2 is 0.481 bits per heavy atom. The van der Waals surface area contributed by atoms with Crippen molar-refractivity contribution in [2.45, 2.75) is 38.5 Å². The predicted molar refractivity (Wildman–Crippen MR) is 457 cm³/mol. The van der Waals surface area contributed by atoms with Crippen molar-refractivity contribution >= 4 is 44.9 Å². The second kappa shape index (κ2) is 26.9. The molecule has 0 fully saturated rings. The fourth-order valence-corrected chi connectivity index (χ4v) is 18.0. The van der Waals surface area contributed by atoms with Crippen LogP contribution in [-0.4, -0.2) is 0 Å². The minimum Gasteiger partial charge on any atom is -0.309 e.